The van der Waals surface area contributed by atoms with E-state index in [4.69, 9.17) is 5.26 Å². The van der Waals surface area contributed by atoms with Crippen molar-refractivity contribution in [2.45, 2.75) is 24.5 Å². The third-order valence-electron chi connectivity index (χ3n) is 4.17. The molecule has 2 aromatic rings. The quantitative estimate of drug-likeness (QED) is 0.588. The van der Waals surface area contributed by atoms with Crippen molar-refractivity contribution in [3.8, 4) is 11.8 Å². The fourth-order valence-electron chi connectivity index (χ4n) is 2.61. The second-order valence-corrected chi connectivity index (χ2v) is 9.04. The Bertz CT molecular complexity index is 995. The van der Waals surface area contributed by atoms with Gasteiger partial charge in [0.15, 0.2) is 0 Å². The molecule has 0 radical (unpaired) electrons. The Kier molecular flexibility index (Phi) is 8.08. The molecule has 0 unspecified atom stereocenters. The summed E-state index contributed by atoms with van der Waals surface area (Å²) in [7, 11) is -3.69. The molecule has 0 saturated heterocycles. The van der Waals surface area contributed by atoms with E-state index in [1.807, 2.05) is 12.1 Å². The first kappa shape index (κ1) is 22.7. The number of thioether (sulfide) groups is 1. The molecule has 2 rings (SSSR count). The minimum Gasteiger partial charge on any atom is -0.506 e. The Morgan fingerprint density at radius 3 is 2.41 bits per heavy atom. The maximum Gasteiger partial charge on any atom is 0.243 e. The van der Waals surface area contributed by atoms with Crippen molar-refractivity contribution in [3.05, 3.63) is 53.6 Å². The molecule has 0 saturated carbocycles. The van der Waals surface area contributed by atoms with Gasteiger partial charge in [0.25, 0.3) is 0 Å². The van der Waals surface area contributed by atoms with Crippen molar-refractivity contribution in [1.29, 1.82) is 5.26 Å². The summed E-state index contributed by atoms with van der Waals surface area (Å²) in [5, 5.41) is 21.4. The zero-order chi connectivity index (χ0) is 21.4. The lowest BCUT2D eigenvalue weighted by atomic mass is 10.2. The Morgan fingerprint density at radius 2 is 1.83 bits per heavy atom. The van der Waals surface area contributed by atoms with Crippen LogP contribution in [0.2, 0.25) is 0 Å². The van der Waals surface area contributed by atoms with Gasteiger partial charge in [0.2, 0.25) is 15.9 Å². The minimum atomic E-state index is -3.69. The molecule has 0 aliphatic carbocycles. The molecule has 29 heavy (non-hydrogen) atoms. The highest BCUT2D eigenvalue weighted by molar-refractivity contribution is 7.99. The highest BCUT2D eigenvalue weighted by Gasteiger charge is 2.23. The number of hydrogen-bond acceptors (Lipinski definition) is 6. The number of rotatable bonds is 9. The number of nitrogens with one attached hydrogen (secondary N) is 1. The number of carbonyl (C=O) groups is 1. The van der Waals surface area contributed by atoms with Crippen LogP contribution in [0, 0.1) is 11.3 Å². The third kappa shape index (κ3) is 5.97. The van der Waals surface area contributed by atoms with Crippen molar-refractivity contribution in [2.24, 2.45) is 0 Å². The number of amides is 1. The molecular weight excluding hydrogens is 410 g/mol. The molecule has 0 fully saturated rings. The van der Waals surface area contributed by atoms with Gasteiger partial charge in [0.1, 0.15) is 5.75 Å². The molecule has 1 amide bonds. The molecule has 154 valence electrons. The first-order valence-corrected chi connectivity index (χ1v) is 11.6. The molecule has 0 bridgehead atoms. The standard InChI is InChI=1S/C20H23N3O4S2/c1-3-23(4-2)29(26,27)17-9-10-19(24)18(11-17)22-20(25)14-28-13-16-7-5-15(12-21)6-8-16/h5-11,24H,3-4,13-14H2,1-2H3,(H,22,25). The maximum atomic E-state index is 12.6. The van der Waals surface area contributed by atoms with Crippen LogP contribution in [0.25, 0.3) is 0 Å². The number of hydrogen-bond donors (Lipinski definition) is 2. The molecule has 0 aliphatic heterocycles. The van der Waals surface area contributed by atoms with Gasteiger partial charge in [0.05, 0.1) is 28.0 Å². The van der Waals surface area contributed by atoms with Gasteiger partial charge in [-0.05, 0) is 35.9 Å². The topological polar surface area (TPSA) is 110 Å². The third-order valence-corrected chi connectivity index (χ3v) is 7.22. The van der Waals surface area contributed by atoms with Gasteiger partial charge in [0, 0.05) is 18.8 Å². The lowest BCUT2D eigenvalue weighted by Gasteiger charge is -2.19. The van der Waals surface area contributed by atoms with E-state index in [1.54, 1.807) is 26.0 Å². The molecule has 0 aliphatic rings. The summed E-state index contributed by atoms with van der Waals surface area (Å²) < 4.78 is 26.6. The smallest absolute Gasteiger partial charge is 0.243 e. The SMILES string of the molecule is CCN(CC)S(=O)(=O)c1ccc(O)c(NC(=O)CSCc2ccc(C#N)cc2)c1. The molecule has 0 heterocycles. The van der Waals surface area contributed by atoms with Crippen LogP contribution >= 0.6 is 11.8 Å². The summed E-state index contributed by atoms with van der Waals surface area (Å²) in [4.78, 5) is 12.2. The van der Waals surface area contributed by atoms with Crippen LogP contribution in [0.1, 0.15) is 25.0 Å². The molecule has 2 N–H and O–H groups in total. The molecule has 2 aromatic carbocycles. The highest BCUT2D eigenvalue weighted by Crippen LogP contribution is 2.28. The number of carbonyl (C=O) groups excluding carboxylic acids is 1. The van der Waals surface area contributed by atoms with Crippen molar-refractivity contribution < 1.29 is 18.3 Å². The summed E-state index contributed by atoms with van der Waals surface area (Å²) in [6.07, 6.45) is 0. The van der Waals surface area contributed by atoms with Crippen molar-refractivity contribution in [2.75, 3.05) is 24.2 Å². The average molecular weight is 434 g/mol. The zero-order valence-corrected chi connectivity index (χ0v) is 17.9. The van der Waals surface area contributed by atoms with E-state index in [-0.39, 0.29) is 28.0 Å². The summed E-state index contributed by atoms with van der Waals surface area (Å²) in [6.45, 7) is 4.14. The molecule has 0 spiro atoms. The van der Waals surface area contributed by atoms with Crippen LogP contribution in [0.3, 0.4) is 0 Å². The van der Waals surface area contributed by atoms with Crippen LogP contribution in [-0.4, -0.2) is 42.6 Å². The maximum absolute atomic E-state index is 12.6. The Morgan fingerprint density at radius 1 is 1.17 bits per heavy atom. The second-order valence-electron chi connectivity index (χ2n) is 6.12. The number of phenols is 1. The van der Waals surface area contributed by atoms with Crippen LogP contribution in [-0.2, 0) is 20.6 Å². The van der Waals surface area contributed by atoms with Crippen LogP contribution in [0.4, 0.5) is 5.69 Å². The van der Waals surface area contributed by atoms with Gasteiger partial charge < -0.3 is 10.4 Å². The molecular formula is C20H23N3O4S2. The van der Waals surface area contributed by atoms with Crippen molar-refractivity contribution in [3.63, 3.8) is 0 Å². The van der Waals surface area contributed by atoms with Gasteiger partial charge in [-0.25, -0.2) is 8.42 Å². The van der Waals surface area contributed by atoms with Gasteiger partial charge in [-0.2, -0.15) is 9.57 Å². The van der Waals surface area contributed by atoms with Crippen LogP contribution < -0.4 is 5.32 Å². The Balaban J connectivity index is 2.01. The first-order chi connectivity index (χ1) is 13.8. The number of benzene rings is 2. The predicted molar refractivity (Wildman–Crippen MR) is 114 cm³/mol. The lowest BCUT2D eigenvalue weighted by Crippen LogP contribution is -2.30. The Hall–Kier alpha value is -2.54. The average Bonchev–Trinajstić information content (AvgIpc) is 2.70. The van der Waals surface area contributed by atoms with Crippen molar-refractivity contribution >= 4 is 33.4 Å². The van der Waals surface area contributed by atoms with Crippen molar-refractivity contribution in [1.82, 2.24) is 4.31 Å². The number of anilines is 1. The largest absolute Gasteiger partial charge is 0.506 e. The Labute approximate surface area is 175 Å². The summed E-state index contributed by atoms with van der Waals surface area (Å²) >= 11 is 1.37. The van der Waals surface area contributed by atoms with E-state index in [0.717, 1.165) is 5.56 Å². The second kappa shape index (κ2) is 10.3. The molecule has 7 nitrogen and oxygen atoms in total. The number of nitrogens with zero attached hydrogens (tertiary/aromatic N) is 2. The number of aromatic hydroxyl groups is 1. The predicted octanol–water partition coefficient (Wildman–Crippen LogP) is 3.17. The normalized spacial score (nSPS) is 11.2. The molecule has 0 aromatic heterocycles. The van der Waals surface area contributed by atoms with E-state index in [1.165, 1.54) is 34.3 Å². The summed E-state index contributed by atoms with van der Waals surface area (Å²) in [5.74, 6) is 0.166. The van der Waals surface area contributed by atoms with E-state index in [2.05, 4.69) is 11.4 Å². The van der Waals surface area contributed by atoms with E-state index >= 15 is 0 Å². The van der Waals surface area contributed by atoms with E-state index in [9.17, 15) is 18.3 Å². The summed E-state index contributed by atoms with van der Waals surface area (Å²) in [6, 6.07) is 13.0. The first-order valence-electron chi connectivity index (χ1n) is 9.01. The van der Waals surface area contributed by atoms with E-state index in [0.29, 0.717) is 24.4 Å². The highest BCUT2D eigenvalue weighted by atomic mass is 32.2. The fourth-order valence-corrected chi connectivity index (χ4v) is 4.88. The van der Waals surface area contributed by atoms with E-state index < -0.39 is 10.0 Å². The van der Waals surface area contributed by atoms with Gasteiger partial charge in [-0.1, -0.05) is 26.0 Å². The zero-order valence-electron chi connectivity index (χ0n) is 16.3. The molecule has 0 atom stereocenters. The summed E-state index contributed by atoms with van der Waals surface area (Å²) in [5.41, 5.74) is 1.62. The molecule has 9 heteroatoms. The monoisotopic (exact) mass is 433 g/mol. The number of phenolic OH excluding ortho intramolecular Hbond substituents is 1. The van der Waals surface area contributed by atoms with Crippen LogP contribution in [0.5, 0.6) is 5.75 Å². The van der Waals surface area contributed by atoms with Gasteiger partial charge in [-0.3, -0.25) is 4.79 Å². The number of sulfonamides is 1. The number of nitriles is 1. The lowest BCUT2D eigenvalue weighted by molar-refractivity contribution is -0.113. The van der Waals surface area contributed by atoms with Gasteiger partial charge >= 0.3 is 0 Å². The fraction of sp³-hybridized carbons (Fsp3) is 0.300. The van der Waals surface area contributed by atoms with Gasteiger partial charge in [-0.15, -0.1) is 11.8 Å². The van der Waals surface area contributed by atoms with Crippen LogP contribution in [0.15, 0.2) is 47.4 Å². The minimum absolute atomic E-state index is 0.0135.